The second kappa shape index (κ2) is 8.09. The van der Waals surface area contributed by atoms with Crippen molar-refractivity contribution >= 4 is 11.8 Å². The molecular formula is C18H23F2N3O3. The number of benzene rings is 1. The fourth-order valence-corrected chi connectivity index (χ4v) is 3.15. The second-order valence-corrected chi connectivity index (χ2v) is 6.76. The van der Waals surface area contributed by atoms with Crippen LogP contribution >= 0.6 is 0 Å². The smallest absolute Gasteiger partial charge is 0.262 e. The molecule has 142 valence electrons. The predicted octanol–water partition coefficient (Wildman–Crippen LogP) is 1.21. The zero-order valence-corrected chi connectivity index (χ0v) is 14.4. The van der Waals surface area contributed by atoms with Gasteiger partial charge in [-0.05, 0) is 30.5 Å². The van der Waals surface area contributed by atoms with Gasteiger partial charge in [0.1, 0.15) is 0 Å². The number of amides is 2. The summed E-state index contributed by atoms with van der Waals surface area (Å²) in [6.45, 7) is 0.903. The average molecular weight is 367 g/mol. The number of carbonyl (C=O) groups excluding carboxylic acids is 2. The highest BCUT2D eigenvalue weighted by molar-refractivity contribution is 5.94. The predicted molar refractivity (Wildman–Crippen MR) is 91.0 cm³/mol. The van der Waals surface area contributed by atoms with Crippen molar-refractivity contribution in [2.24, 2.45) is 0 Å². The molecule has 0 radical (unpaired) electrons. The minimum Gasteiger partial charge on any atom is -0.376 e. The number of carbonyl (C=O) groups is 2. The van der Waals surface area contributed by atoms with E-state index in [0.29, 0.717) is 12.1 Å². The van der Waals surface area contributed by atoms with Gasteiger partial charge in [0.05, 0.1) is 18.7 Å². The molecule has 0 saturated carbocycles. The molecule has 0 aromatic heterocycles. The molecule has 1 aromatic carbocycles. The maximum Gasteiger partial charge on any atom is 0.262 e. The van der Waals surface area contributed by atoms with E-state index in [1.165, 1.54) is 0 Å². The van der Waals surface area contributed by atoms with Gasteiger partial charge in [-0.15, -0.1) is 0 Å². The Morgan fingerprint density at radius 1 is 1.31 bits per heavy atom. The van der Waals surface area contributed by atoms with Crippen molar-refractivity contribution in [2.75, 3.05) is 19.7 Å². The number of alkyl halides is 2. The Bertz CT molecular complexity index is 663. The lowest BCUT2D eigenvalue weighted by molar-refractivity contribution is -0.123. The molecule has 2 saturated heterocycles. The lowest BCUT2D eigenvalue weighted by atomic mass is 10.1. The average Bonchev–Trinajstić information content (AvgIpc) is 3.27. The van der Waals surface area contributed by atoms with Crippen LogP contribution in [0.4, 0.5) is 8.78 Å². The molecule has 0 spiro atoms. The van der Waals surface area contributed by atoms with Crippen LogP contribution in [0.1, 0.15) is 35.2 Å². The largest absolute Gasteiger partial charge is 0.376 e. The van der Waals surface area contributed by atoms with Gasteiger partial charge < -0.3 is 15.4 Å². The molecule has 1 aromatic rings. The molecule has 2 atom stereocenters. The monoisotopic (exact) mass is 367 g/mol. The molecule has 26 heavy (non-hydrogen) atoms. The minimum atomic E-state index is -2.84. The van der Waals surface area contributed by atoms with Gasteiger partial charge in [0.2, 0.25) is 5.91 Å². The first-order valence-electron chi connectivity index (χ1n) is 8.81. The summed E-state index contributed by atoms with van der Waals surface area (Å²) in [5, 5.41) is 8.00. The van der Waals surface area contributed by atoms with Crippen LogP contribution in [0.15, 0.2) is 24.3 Å². The van der Waals surface area contributed by atoms with E-state index in [9.17, 15) is 18.4 Å². The summed E-state index contributed by atoms with van der Waals surface area (Å²) >= 11 is 0. The van der Waals surface area contributed by atoms with Gasteiger partial charge in [0.25, 0.3) is 11.8 Å². The van der Waals surface area contributed by atoms with Gasteiger partial charge in [0.15, 0.2) is 0 Å². The van der Waals surface area contributed by atoms with Crippen molar-refractivity contribution in [3.8, 4) is 0 Å². The molecule has 8 heteroatoms. The molecule has 0 aliphatic carbocycles. The first-order chi connectivity index (χ1) is 12.4. The summed E-state index contributed by atoms with van der Waals surface area (Å²) in [6.07, 6.45) is 1.53. The zero-order valence-electron chi connectivity index (χ0n) is 14.4. The summed E-state index contributed by atoms with van der Waals surface area (Å²) in [6, 6.07) is 5.98. The van der Waals surface area contributed by atoms with Crippen LogP contribution in [0.25, 0.3) is 0 Å². The molecule has 2 fully saturated rings. The van der Waals surface area contributed by atoms with Gasteiger partial charge in [0, 0.05) is 31.7 Å². The Kier molecular flexibility index (Phi) is 5.83. The highest BCUT2D eigenvalue weighted by Crippen LogP contribution is 2.25. The van der Waals surface area contributed by atoms with Crippen LogP contribution in [-0.2, 0) is 16.1 Å². The quantitative estimate of drug-likeness (QED) is 0.706. The number of rotatable bonds is 6. The number of hydrogen-bond donors (Lipinski definition) is 3. The van der Waals surface area contributed by atoms with E-state index in [4.69, 9.17) is 4.74 Å². The third-order valence-corrected chi connectivity index (χ3v) is 4.60. The maximum atomic E-state index is 13.1. The van der Waals surface area contributed by atoms with Crippen molar-refractivity contribution in [3.63, 3.8) is 0 Å². The first kappa shape index (κ1) is 18.7. The van der Waals surface area contributed by atoms with E-state index >= 15 is 0 Å². The molecule has 2 amide bonds. The van der Waals surface area contributed by atoms with Crippen LogP contribution in [0.3, 0.4) is 0 Å². The zero-order chi connectivity index (χ0) is 18.6. The summed E-state index contributed by atoms with van der Waals surface area (Å²) in [5.74, 6) is -3.51. The van der Waals surface area contributed by atoms with Gasteiger partial charge in [-0.25, -0.2) is 8.78 Å². The standard InChI is InChI=1S/C18H23F2N3O3/c19-18(20)8-15(23-11-18)17(25)21-9-12-3-1-4-13(7-12)16(24)22-10-14-5-2-6-26-14/h1,3-4,7,14-15,23H,2,5-6,8-11H2,(H,21,25)(H,22,24). The molecule has 2 unspecified atom stereocenters. The lowest BCUT2D eigenvalue weighted by Crippen LogP contribution is -2.40. The van der Waals surface area contributed by atoms with Gasteiger partial charge >= 0.3 is 0 Å². The first-order valence-corrected chi connectivity index (χ1v) is 8.81. The molecular weight excluding hydrogens is 344 g/mol. The van der Waals surface area contributed by atoms with Crippen LogP contribution in [0.5, 0.6) is 0 Å². The van der Waals surface area contributed by atoms with E-state index in [-0.39, 0.29) is 18.6 Å². The van der Waals surface area contributed by atoms with E-state index in [1.807, 2.05) is 0 Å². The lowest BCUT2D eigenvalue weighted by Gasteiger charge is -2.13. The molecule has 2 heterocycles. The van der Waals surface area contributed by atoms with Gasteiger partial charge in [-0.3, -0.25) is 14.9 Å². The molecule has 6 nitrogen and oxygen atoms in total. The highest BCUT2D eigenvalue weighted by Gasteiger charge is 2.42. The van der Waals surface area contributed by atoms with Gasteiger partial charge in [-0.2, -0.15) is 0 Å². The fourth-order valence-electron chi connectivity index (χ4n) is 3.15. The summed E-state index contributed by atoms with van der Waals surface area (Å²) < 4.78 is 31.8. The van der Waals surface area contributed by atoms with Crippen LogP contribution in [0.2, 0.25) is 0 Å². The van der Waals surface area contributed by atoms with Crippen LogP contribution in [-0.4, -0.2) is 49.6 Å². The summed E-state index contributed by atoms with van der Waals surface area (Å²) in [4.78, 5) is 24.2. The SMILES string of the molecule is O=C(NCC1CCCO1)c1cccc(CNC(=O)C2CC(F)(F)CN2)c1. The van der Waals surface area contributed by atoms with Gasteiger partial charge in [-0.1, -0.05) is 12.1 Å². The fraction of sp³-hybridized carbons (Fsp3) is 0.556. The van der Waals surface area contributed by atoms with Crippen molar-refractivity contribution in [1.82, 2.24) is 16.0 Å². The minimum absolute atomic E-state index is 0.0680. The summed E-state index contributed by atoms with van der Waals surface area (Å²) in [7, 11) is 0. The Morgan fingerprint density at radius 3 is 2.85 bits per heavy atom. The van der Waals surface area contributed by atoms with E-state index in [0.717, 1.165) is 25.0 Å². The van der Waals surface area contributed by atoms with Crippen molar-refractivity contribution in [2.45, 2.75) is 43.9 Å². The van der Waals surface area contributed by atoms with E-state index in [2.05, 4.69) is 16.0 Å². The molecule has 3 N–H and O–H groups in total. The maximum absolute atomic E-state index is 13.1. The van der Waals surface area contributed by atoms with Crippen LogP contribution < -0.4 is 16.0 Å². The molecule has 3 rings (SSSR count). The van der Waals surface area contributed by atoms with Crippen molar-refractivity contribution in [1.29, 1.82) is 0 Å². The molecule has 0 bridgehead atoms. The topological polar surface area (TPSA) is 79.5 Å². The van der Waals surface area contributed by atoms with E-state index in [1.54, 1.807) is 24.3 Å². The number of halogens is 2. The number of hydrogen-bond acceptors (Lipinski definition) is 4. The second-order valence-electron chi connectivity index (χ2n) is 6.76. The Labute approximate surface area is 150 Å². The third kappa shape index (κ3) is 4.98. The van der Waals surface area contributed by atoms with E-state index < -0.39 is 30.8 Å². The third-order valence-electron chi connectivity index (χ3n) is 4.60. The Morgan fingerprint density at radius 2 is 2.15 bits per heavy atom. The van der Waals surface area contributed by atoms with Crippen molar-refractivity contribution < 1.29 is 23.1 Å². The summed E-state index contributed by atoms with van der Waals surface area (Å²) in [5.41, 5.74) is 1.22. The highest BCUT2D eigenvalue weighted by atomic mass is 19.3. The van der Waals surface area contributed by atoms with Crippen LogP contribution in [0, 0.1) is 0 Å². The Balaban J connectivity index is 1.49. The normalized spacial score (nSPS) is 24.4. The number of nitrogens with one attached hydrogen (secondary N) is 3. The Hall–Kier alpha value is -2.06. The number of ether oxygens (including phenoxy) is 1. The molecule has 2 aliphatic heterocycles. The van der Waals surface area contributed by atoms with Crippen molar-refractivity contribution in [3.05, 3.63) is 35.4 Å². The molecule has 2 aliphatic rings.